The largest absolute Gasteiger partial charge is 0.310 e. The van der Waals surface area contributed by atoms with Crippen LogP contribution in [0.2, 0.25) is 0 Å². The second kappa shape index (κ2) is 5.52. The van der Waals surface area contributed by atoms with Gasteiger partial charge in [-0.15, -0.1) is 12.4 Å². The molecule has 3 rings (SSSR count). The Kier molecular flexibility index (Phi) is 4.03. The van der Waals surface area contributed by atoms with E-state index >= 15 is 0 Å². The van der Waals surface area contributed by atoms with Crippen LogP contribution in [0.1, 0.15) is 30.9 Å². The maximum Gasteiger partial charge on any atom is 0.0326 e. The zero-order valence-electron chi connectivity index (χ0n) is 9.86. The molecule has 0 spiro atoms. The standard InChI is InChI=1S/C15H17N.ClH/c1-2-8-13-12(6-1)7-5-9-14(13)15-10-3-4-11-16-15;/h1-2,5-9,15-16H,3-4,10-11H2;1H. The zero-order valence-corrected chi connectivity index (χ0v) is 10.7. The number of nitrogens with one attached hydrogen (secondary N) is 1. The van der Waals surface area contributed by atoms with Gasteiger partial charge < -0.3 is 5.32 Å². The van der Waals surface area contributed by atoms with Crippen LogP contribution < -0.4 is 5.32 Å². The predicted molar refractivity (Wildman–Crippen MR) is 75.8 cm³/mol. The average Bonchev–Trinajstić information content (AvgIpc) is 2.39. The van der Waals surface area contributed by atoms with Crippen molar-refractivity contribution in [2.45, 2.75) is 25.3 Å². The smallest absolute Gasteiger partial charge is 0.0326 e. The summed E-state index contributed by atoms with van der Waals surface area (Å²) in [6.07, 6.45) is 3.94. The van der Waals surface area contributed by atoms with Crippen molar-refractivity contribution < 1.29 is 0 Å². The number of hydrogen-bond donors (Lipinski definition) is 1. The number of hydrogen-bond acceptors (Lipinski definition) is 1. The van der Waals surface area contributed by atoms with E-state index in [1.54, 1.807) is 0 Å². The number of halogens is 1. The highest BCUT2D eigenvalue weighted by Crippen LogP contribution is 2.29. The quantitative estimate of drug-likeness (QED) is 0.801. The van der Waals surface area contributed by atoms with E-state index in [2.05, 4.69) is 47.8 Å². The minimum atomic E-state index is 0. The molecule has 1 unspecified atom stereocenters. The van der Waals surface area contributed by atoms with Gasteiger partial charge in [-0.25, -0.2) is 0 Å². The van der Waals surface area contributed by atoms with E-state index in [9.17, 15) is 0 Å². The molecule has 1 N–H and O–H groups in total. The molecular formula is C15H18ClN. The molecule has 1 aliphatic heterocycles. The number of rotatable bonds is 1. The molecule has 0 radical (unpaired) electrons. The van der Waals surface area contributed by atoms with Gasteiger partial charge in [-0.05, 0) is 35.7 Å². The number of benzene rings is 2. The second-order valence-corrected chi connectivity index (χ2v) is 4.57. The van der Waals surface area contributed by atoms with Crippen LogP contribution in [0.5, 0.6) is 0 Å². The summed E-state index contributed by atoms with van der Waals surface area (Å²) >= 11 is 0. The van der Waals surface area contributed by atoms with E-state index in [-0.39, 0.29) is 12.4 Å². The molecule has 1 saturated heterocycles. The minimum Gasteiger partial charge on any atom is -0.310 e. The molecule has 2 heteroatoms. The third-order valence-corrected chi connectivity index (χ3v) is 3.51. The monoisotopic (exact) mass is 247 g/mol. The van der Waals surface area contributed by atoms with E-state index in [0.29, 0.717) is 6.04 Å². The molecular weight excluding hydrogens is 230 g/mol. The van der Waals surface area contributed by atoms with Crippen LogP contribution in [-0.2, 0) is 0 Å². The van der Waals surface area contributed by atoms with E-state index < -0.39 is 0 Å². The van der Waals surface area contributed by atoms with Crippen molar-refractivity contribution in [3.05, 3.63) is 48.0 Å². The lowest BCUT2D eigenvalue weighted by Gasteiger charge is -2.25. The van der Waals surface area contributed by atoms with Crippen LogP contribution in [0.4, 0.5) is 0 Å². The first-order valence-electron chi connectivity index (χ1n) is 6.16. The molecule has 17 heavy (non-hydrogen) atoms. The van der Waals surface area contributed by atoms with Gasteiger partial charge in [0.2, 0.25) is 0 Å². The first kappa shape index (κ1) is 12.4. The summed E-state index contributed by atoms with van der Waals surface area (Å²) in [6.45, 7) is 1.16. The fraction of sp³-hybridized carbons (Fsp3) is 0.333. The van der Waals surface area contributed by atoms with Gasteiger partial charge in [0.1, 0.15) is 0 Å². The predicted octanol–water partition coefficient (Wildman–Crippen LogP) is 4.08. The van der Waals surface area contributed by atoms with Crippen molar-refractivity contribution >= 4 is 23.2 Å². The summed E-state index contributed by atoms with van der Waals surface area (Å²) in [5.41, 5.74) is 1.47. The van der Waals surface area contributed by atoms with E-state index in [1.807, 2.05) is 0 Å². The first-order valence-corrected chi connectivity index (χ1v) is 6.16. The normalized spacial score (nSPS) is 19.9. The van der Waals surface area contributed by atoms with Gasteiger partial charge in [0.05, 0.1) is 0 Å². The third kappa shape index (κ3) is 2.46. The van der Waals surface area contributed by atoms with Crippen molar-refractivity contribution in [1.29, 1.82) is 0 Å². The van der Waals surface area contributed by atoms with Crippen molar-refractivity contribution in [1.82, 2.24) is 5.32 Å². The van der Waals surface area contributed by atoms with Crippen LogP contribution in [0.3, 0.4) is 0 Å². The molecule has 0 aliphatic carbocycles. The molecule has 1 nitrogen and oxygen atoms in total. The van der Waals surface area contributed by atoms with Crippen molar-refractivity contribution in [3.63, 3.8) is 0 Å². The first-order chi connectivity index (χ1) is 7.95. The van der Waals surface area contributed by atoms with Gasteiger partial charge in [0.25, 0.3) is 0 Å². The Labute approximate surface area is 109 Å². The topological polar surface area (TPSA) is 12.0 Å². The van der Waals surface area contributed by atoms with Gasteiger partial charge in [0.15, 0.2) is 0 Å². The molecule has 1 fully saturated rings. The zero-order chi connectivity index (χ0) is 10.8. The SMILES string of the molecule is Cl.c1ccc2c(C3CCCCN3)cccc2c1. The van der Waals surface area contributed by atoms with Gasteiger partial charge >= 0.3 is 0 Å². The summed E-state index contributed by atoms with van der Waals surface area (Å²) in [7, 11) is 0. The Morgan fingerprint density at radius 3 is 2.59 bits per heavy atom. The molecule has 90 valence electrons. The maximum atomic E-state index is 3.63. The lowest BCUT2D eigenvalue weighted by Crippen LogP contribution is -2.26. The van der Waals surface area contributed by atoms with Gasteiger partial charge in [-0.1, -0.05) is 48.9 Å². The molecule has 0 amide bonds. The molecule has 0 aromatic heterocycles. The fourth-order valence-electron chi connectivity index (χ4n) is 2.67. The third-order valence-electron chi connectivity index (χ3n) is 3.51. The second-order valence-electron chi connectivity index (χ2n) is 4.57. The number of fused-ring (bicyclic) bond motifs is 1. The highest BCUT2D eigenvalue weighted by molar-refractivity contribution is 5.86. The molecule has 0 bridgehead atoms. The Balaban J connectivity index is 0.00000108. The maximum absolute atomic E-state index is 3.63. The average molecular weight is 248 g/mol. The van der Waals surface area contributed by atoms with Crippen LogP contribution in [0.15, 0.2) is 42.5 Å². The number of piperidine rings is 1. The van der Waals surface area contributed by atoms with Gasteiger partial charge in [0, 0.05) is 6.04 Å². The lowest BCUT2D eigenvalue weighted by atomic mass is 9.93. The lowest BCUT2D eigenvalue weighted by molar-refractivity contribution is 0.414. The summed E-state index contributed by atoms with van der Waals surface area (Å²) in [5.74, 6) is 0. The Morgan fingerprint density at radius 1 is 0.941 bits per heavy atom. The summed E-state index contributed by atoms with van der Waals surface area (Å²) < 4.78 is 0. The molecule has 2 aromatic rings. The van der Waals surface area contributed by atoms with Crippen molar-refractivity contribution in [2.24, 2.45) is 0 Å². The van der Waals surface area contributed by atoms with E-state index in [0.717, 1.165) is 6.54 Å². The van der Waals surface area contributed by atoms with E-state index in [4.69, 9.17) is 0 Å². The van der Waals surface area contributed by atoms with Crippen LogP contribution in [0.25, 0.3) is 10.8 Å². The van der Waals surface area contributed by atoms with Crippen molar-refractivity contribution in [2.75, 3.05) is 6.54 Å². The molecule has 1 aliphatic rings. The molecule has 2 aromatic carbocycles. The Morgan fingerprint density at radius 2 is 1.76 bits per heavy atom. The van der Waals surface area contributed by atoms with Crippen LogP contribution >= 0.6 is 12.4 Å². The van der Waals surface area contributed by atoms with Gasteiger partial charge in [-0.2, -0.15) is 0 Å². The highest BCUT2D eigenvalue weighted by atomic mass is 35.5. The molecule has 0 saturated carbocycles. The minimum absolute atomic E-state index is 0. The summed E-state index contributed by atoms with van der Waals surface area (Å²) in [5, 5.41) is 6.39. The highest BCUT2D eigenvalue weighted by Gasteiger charge is 2.16. The fourth-order valence-corrected chi connectivity index (χ4v) is 2.67. The van der Waals surface area contributed by atoms with Crippen molar-refractivity contribution in [3.8, 4) is 0 Å². The summed E-state index contributed by atoms with van der Waals surface area (Å²) in [4.78, 5) is 0. The van der Waals surface area contributed by atoms with Crippen LogP contribution in [0, 0.1) is 0 Å². The van der Waals surface area contributed by atoms with Gasteiger partial charge in [-0.3, -0.25) is 0 Å². The van der Waals surface area contributed by atoms with Crippen LogP contribution in [-0.4, -0.2) is 6.54 Å². The Bertz CT molecular complexity index is 484. The molecule has 1 heterocycles. The summed E-state index contributed by atoms with van der Waals surface area (Å²) in [6, 6.07) is 15.9. The Hall–Kier alpha value is -1.05. The molecule has 1 atom stereocenters. The van der Waals surface area contributed by atoms with E-state index in [1.165, 1.54) is 35.6 Å².